The predicted octanol–water partition coefficient (Wildman–Crippen LogP) is 4.03. The zero-order chi connectivity index (χ0) is 12.5. The van der Waals surface area contributed by atoms with Crippen LogP contribution in [-0.2, 0) is 5.75 Å². The van der Waals surface area contributed by atoms with Gasteiger partial charge in [-0.05, 0) is 18.2 Å². The van der Waals surface area contributed by atoms with Crippen LogP contribution < -0.4 is 5.73 Å². The predicted molar refractivity (Wildman–Crippen MR) is 81.2 cm³/mol. The van der Waals surface area contributed by atoms with Crippen molar-refractivity contribution >= 4 is 49.7 Å². The van der Waals surface area contributed by atoms with E-state index in [-0.39, 0.29) is 0 Å². The molecule has 0 radical (unpaired) electrons. The quantitative estimate of drug-likeness (QED) is 0.578. The van der Waals surface area contributed by atoms with Crippen molar-refractivity contribution in [1.29, 1.82) is 0 Å². The van der Waals surface area contributed by atoms with Gasteiger partial charge in [-0.1, -0.05) is 15.9 Å². The third kappa shape index (κ3) is 2.41. The minimum absolute atomic E-state index is 0.801. The summed E-state index contributed by atoms with van der Waals surface area (Å²) in [6.07, 6.45) is 4.09. The van der Waals surface area contributed by atoms with Crippen LogP contribution >= 0.6 is 39.0 Å². The molecule has 18 heavy (non-hydrogen) atoms. The van der Waals surface area contributed by atoms with Gasteiger partial charge >= 0.3 is 0 Å². The van der Waals surface area contributed by atoms with Crippen molar-refractivity contribution < 1.29 is 0 Å². The maximum absolute atomic E-state index is 5.97. The molecule has 0 aliphatic carbocycles. The van der Waals surface area contributed by atoms with Crippen molar-refractivity contribution in [2.24, 2.45) is 0 Å². The topological polar surface area (TPSA) is 43.3 Å². The lowest BCUT2D eigenvalue weighted by atomic mass is 10.3. The van der Waals surface area contributed by atoms with Crippen LogP contribution in [-0.4, -0.2) is 9.38 Å². The number of imidazole rings is 1. The highest BCUT2D eigenvalue weighted by Gasteiger charge is 2.05. The Bertz CT molecular complexity index is 661. The molecule has 0 aliphatic heterocycles. The van der Waals surface area contributed by atoms with Gasteiger partial charge < -0.3 is 5.73 Å². The lowest BCUT2D eigenvalue weighted by Gasteiger charge is -2.04. The molecule has 0 fully saturated rings. The molecule has 0 atom stereocenters. The number of anilines is 1. The Labute approximate surface area is 121 Å². The molecule has 92 valence electrons. The number of nitrogens with zero attached hydrogens (tertiary/aromatic N) is 2. The summed E-state index contributed by atoms with van der Waals surface area (Å²) in [5, 5.41) is 2.03. The Morgan fingerprint density at radius 3 is 3.11 bits per heavy atom. The molecule has 2 heterocycles. The SMILES string of the molecule is Nc1cc(Br)ccc1SCc1cn2ccsc2n1. The summed E-state index contributed by atoms with van der Waals surface area (Å²) >= 11 is 6.76. The zero-order valence-corrected chi connectivity index (χ0v) is 12.6. The summed E-state index contributed by atoms with van der Waals surface area (Å²) in [7, 11) is 0. The lowest BCUT2D eigenvalue weighted by molar-refractivity contribution is 1.21. The van der Waals surface area contributed by atoms with Crippen LogP contribution in [0.1, 0.15) is 5.69 Å². The monoisotopic (exact) mass is 339 g/mol. The van der Waals surface area contributed by atoms with E-state index >= 15 is 0 Å². The van der Waals surface area contributed by atoms with Crippen molar-refractivity contribution in [3.05, 3.63) is 46.1 Å². The zero-order valence-electron chi connectivity index (χ0n) is 9.34. The number of thiazole rings is 1. The highest BCUT2D eigenvalue weighted by Crippen LogP contribution is 2.30. The molecule has 0 amide bonds. The van der Waals surface area contributed by atoms with E-state index in [2.05, 4.69) is 27.1 Å². The molecular formula is C12H10BrN3S2. The maximum atomic E-state index is 5.97. The molecule has 0 spiro atoms. The van der Waals surface area contributed by atoms with E-state index in [1.54, 1.807) is 23.1 Å². The van der Waals surface area contributed by atoms with Gasteiger partial charge in [0.15, 0.2) is 4.96 Å². The first-order chi connectivity index (χ1) is 8.72. The molecule has 3 rings (SSSR count). The van der Waals surface area contributed by atoms with Crippen LogP contribution in [0.4, 0.5) is 5.69 Å². The minimum Gasteiger partial charge on any atom is -0.398 e. The van der Waals surface area contributed by atoms with Gasteiger partial charge in [-0.3, -0.25) is 4.40 Å². The van der Waals surface area contributed by atoms with Gasteiger partial charge in [-0.15, -0.1) is 23.1 Å². The Morgan fingerprint density at radius 2 is 2.33 bits per heavy atom. The summed E-state index contributed by atoms with van der Waals surface area (Å²) in [5.41, 5.74) is 7.85. The van der Waals surface area contributed by atoms with Gasteiger partial charge in [-0.25, -0.2) is 4.98 Å². The number of rotatable bonds is 3. The Morgan fingerprint density at radius 1 is 1.44 bits per heavy atom. The van der Waals surface area contributed by atoms with Crippen LogP contribution in [0.15, 0.2) is 45.3 Å². The van der Waals surface area contributed by atoms with Crippen molar-refractivity contribution in [2.75, 3.05) is 5.73 Å². The van der Waals surface area contributed by atoms with Crippen LogP contribution in [0, 0.1) is 0 Å². The number of hydrogen-bond donors (Lipinski definition) is 1. The third-order valence-electron chi connectivity index (χ3n) is 2.49. The van der Waals surface area contributed by atoms with Crippen molar-refractivity contribution in [3.63, 3.8) is 0 Å². The molecule has 0 aliphatic rings. The van der Waals surface area contributed by atoms with Crippen LogP contribution in [0.3, 0.4) is 0 Å². The molecule has 0 saturated heterocycles. The number of aromatic nitrogens is 2. The van der Waals surface area contributed by atoms with E-state index in [0.29, 0.717) is 0 Å². The molecule has 0 saturated carbocycles. The molecule has 6 heteroatoms. The summed E-state index contributed by atoms with van der Waals surface area (Å²) in [4.78, 5) is 6.67. The number of nitrogen functional groups attached to an aromatic ring is 1. The van der Waals surface area contributed by atoms with Crippen LogP contribution in [0.5, 0.6) is 0 Å². The van der Waals surface area contributed by atoms with Crippen LogP contribution in [0.25, 0.3) is 4.96 Å². The fourth-order valence-electron chi connectivity index (χ4n) is 1.65. The number of benzene rings is 1. The van der Waals surface area contributed by atoms with E-state index in [1.165, 1.54) is 0 Å². The smallest absolute Gasteiger partial charge is 0.193 e. The lowest BCUT2D eigenvalue weighted by Crippen LogP contribution is -1.89. The highest BCUT2D eigenvalue weighted by molar-refractivity contribution is 9.10. The van der Waals surface area contributed by atoms with E-state index in [4.69, 9.17) is 5.73 Å². The largest absolute Gasteiger partial charge is 0.398 e. The molecule has 0 bridgehead atoms. The summed E-state index contributed by atoms with van der Waals surface area (Å²) in [6.45, 7) is 0. The van der Waals surface area contributed by atoms with Gasteiger partial charge in [0, 0.05) is 38.6 Å². The molecule has 1 aromatic carbocycles. The number of fused-ring (bicyclic) bond motifs is 1. The van der Waals surface area contributed by atoms with E-state index in [0.717, 1.165) is 31.5 Å². The summed E-state index contributed by atoms with van der Waals surface area (Å²) in [5.74, 6) is 0.834. The molecular weight excluding hydrogens is 330 g/mol. The van der Waals surface area contributed by atoms with Gasteiger partial charge in [0.1, 0.15) is 0 Å². The molecule has 2 N–H and O–H groups in total. The summed E-state index contributed by atoms with van der Waals surface area (Å²) in [6, 6.07) is 5.96. The molecule has 3 aromatic rings. The van der Waals surface area contributed by atoms with Crippen molar-refractivity contribution in [1.82, 2.24) is 9.38 Å². The third-order valence-corrected chi connectivity index (χ3v) is 4.88. The first-order valence-electron chi connectivity index (χ1n) is 5.31. The highest BCUT2D eigenvalue weighted by atomic mass is 79.9. The number of hydrogen-bond acceptors (Lipinski definition) is 4. The normalized spacial score (nSPS) is 11.2. The average molecular weight is 340 g/mol. The van der Waals surface area contributed by atoms with E-state index < -0.39 is 0 Å². The van der Waals surface area contributed by atoms with Gasteiger partial charge in [0.05, 0.1) is 5.69 Å². The molecule has 0 unspecified atom stereocenters. The second kappa shape index (κ2) is 4.95. The summed E-state index contributed by atoms with van der Waals surface area (Å²) < 4.78 is 3.05. The first kappa shape index (κ1) is 12.1. The number of nitrogens with two attached hydrogens (primary N) is 1. The second-order valence-corrected chi connectivity index (χ2v) is 6.60. The molecule has 2 aromatic heterocycles. The number of halogens is 1. The Balaban J connectivity index is 1.76. The van der Waals surface area contributed by atoms with Gasteiger partial charge in [0.25, 0.3) is 0 Å². The van der Waals surface area contributed by atoms with Gasteiger partial charge in [0.2, 0.25) is 0 Å². The van der Waals surface area contributed by atoms with Gasteiger partial charge in [-0.2, -0.15) is 0 Å². The number of thioether (sulfide) groups is 1. The van der Waals surface area contributed by atoms with Crippen molar-refractivity contribution in [2.45, 2.75) is 10.6 Å². The second-order valence-electron chi connectivity index (χ2n) is 3.80. The maximum Gasteiger partial charge on any atom is 0.193 e. The minimum atomic E-state index is 0.801. The molecule has 3 nitrogen and oxygen atoms in total. The fraction of sp³-hybridized carbons (Fsp3) is 0.0833. The first-order valence-corrected chi connectivity index (χ1v) is 7.97. The fourth-order valence-corrected chi connectivity index (χ4v) is 3.58. The Hall–Kier alpha value is -0.980. The average Bonchev–Trinajstić information content (AvgIpc) is 2.88. The van der Waals surface area contributed by atoms with E-state index in [9.17, 15) is 0 Å². The van der Waals surface area contributed by atoms with E-state index in [1.807, 2.05) is 34.2 Å². The Kier molecular flexibility index (Phi) is 3.32. The van der Waals surface area contributed by atoms with Crippen LogP contribution in [0.2, 0.25) is 0 Å². The van der Waals surface area contributed by atoms with Crippen molar-refractivity contribution in [3.8, 4) is 0 Å². The standard InChI is InChI=1S/C12H10BrN3S2/c13-8-1-2-11(10(14)5-8)18-7-9-6-16-3-4-17-12(16)15-9/h1-6H,7,14H2.